The second-order valence-electron chi connectivity index (χ2n) is 15.7. The maximum Gasteiger partial charge on any atom is 0.472 e. The smallest absolute Gasteiger partial charge is 0.457 e. The monoisotopic (exact) mass is 853 g/mol. The number of rotatable bonds is 45. The molecule has 344 valence electrons. The summed E-state index contributed by atoms with van der Waals surface area (Å²) < 4.78 is 33.4. The summed E-state index contributed by atoms with van der Waals surface area (Å²) >= 11 is 0. The molecule has 0 aliphatic carbocycles. The van der Waals surface area contributed by atoms with Crippen LogP contribution in [0.3, 0.4) is 0 Å². The second kappa shape index (κ2) is 45.7. The van der Waals surface area contributed by atoms with E-state index in [1.807, 2.05) is 0 Å². The molecule has 0 amide bonds. The third kappa shape index (κ3) is 45.5. The Morgan fingerprint density at radius 3 is 1.47 bits per heavy atom. The molecule has 0 heterocycles. The highest BCUT2D eigenvalue weighted by atomic mass is 31.2. The maximum absolute atomic E-state index is 12.7. The van der Waals surface area contributed by atoms with Gasteiger partial charge in [0.1, 0.15) is 12.2 Å². The summed E-state index contributed by atoms with van der Waals surface area (Å²) in [6, 6.07) is 0. The molecule has 0 aliphatic rings. The van der Waals surface area contributed by atoms with E-state index in [1.165, 1.54) is 96.3 Å². The van der Waals surface area contributed by atoms with Crippen molar-refractivity contribution >= 4 is 13.8 Å². The topological polar surface area (TPSA) is 132 Å². The third-order valence-electron chi connectivity index (χ3n) is 9.94. The first-order valence-electron chi connectivity index (χ1n) is 23.8. The lowest BCUT2D eigenvalue weighted by atomic mass is 10.0. The van der Waals surface area contributed by atoms with Gasteiger partial charge in [0, 0.05) is 13.0 Å². The largest absolute Gasteiger partial charge is 0.472 e. The van der Waals surface area contributed by atoms with Crippen LogP contribution in [0.1, 0.15) is 200 Å². The lowest BCUT2D eigenvalue weighted by Gasteiger charge is -2.20. The van der Waals surface area contributed by atoms with Crippen LogP contribution in [-0.2, 0) is 27.9 Å². The summed E-state index contributed by atoms with van der Waals surface area (Å²) in [4.78, 5) is 22.6. The van der Waals surface area contributed by atoms with Crippen molar-refractivity contribution in [3.8, 4) is 0 Å². The van der Waals surface area contributed by atoms with Gasteiger partial charge >= 0.3 is 13.8 Å². The van der Waals surface area contributed by atoms with E-state index in [9.17, 15) is 19.4 Å². The molecule has 0 fully saturated rings. The molecule has 0 aromatic heterocycles. The zero-order valence-corrected chi connectivity index (χ0v) is 38.6. The number of aliphatic hydroxyl groups excluding tert-OH is 2. The van der Waals surface area contributed by atoms with Crippen molar-refractivity contribution in [3.63, 3.8) is 0 Å². The minimum Gasteiger partial charge on any atom is -0.457 e. The lowest BCUT2D eigenvalue weighted by Crippen LogP contribution is -2.29. The molecule has 59 heavy (non-hydrogen) atoms. The fourth-order valence-corrected chi connectivity index (χ4v) is 7.13. The van der Waals surface area contributed by atoms with Gasteiger partial charge in [0.25, 0.3) is 0 Å². The molecular weight excluding hydrogens is 764 g/mol. The Hall–Kier alpha value is -1.84. The average Bonchev–Trinajstić information content (AvgIpc) is 3.23. The number of aliphatic hydroxyl groups is 2. The standard InChI is InChI=1S/C49H89O9P/c1-3-5-7-9-11-13-15-17-19-20-21-22-23-24-25-26-27-29-31-33-35-37-39-41-49(52)58-48(46-57-59(53,54)56-44-47(51)43-50)45-55-42-40-38-36-34-32-30-28-18-16-14-12-10-8-6-4-2/h5,7,11,13,16-19,21-22,47-48,50-51H,3-4,6,8-10,12,14-15,20,23-46H2,1-2H3,(H,53,54)/b7-5-,13-11-,18-16-,19-17-,22-21-. The highest BCUT2D eigenvalue weighted by Gasteiger charge is 2.26. The number of allylic oxidation sites excluding steroid dienone is 10. The van der Waals surface area contributed by atoms with Crippen molar-refractivity contribution in [2.75, 3.05) is 33.0 Å². The van der Waals surface area contributed by atoms with E-state index in [-0.39, 0.29) is 19.6 Å². The Balaban J connectivity index is 4.11. The van der Waals surface area contributed by atoms with E-state index in [2.05, 4.69) is 74.6 Å². The van der Waals surface area contributed by atoms with Crippen LogP contribution in [0.2, 0.25) is 0 Å². The molecule has 0 saturated carbocycles. The van der Waals surface area contributed by atoms with Crippen molar-refractivity contribution in [3.05, 3.63) is 60.8 Å². The summed E-state index contributed by atoms with van der Waals surface area (Å²) in [6.07, 6.45) is 53.2. The van der Waals surface area contributed by atoms with Crippen LogP contribution in [0.25, 0.3) is 0 Å². The van der Waals surface area contributed by atoms with Crippen molar-refractivity contribution < 1.29 is 43.0 Å². The van der Waals surface area contributed by atoms with Gasteiger partial charge < -0.3 is 24.6 Å². The third-order valence-corrected chi connectivity index (χ3v) is 10.9. The van der Waals surface area contributed by atoms with E-state index in [4.69, 9.17) is 23.6 Å². The first kappa shape index (κ1) is 57.2. The fourth-order valence-electron chi connectivity index (χ4n) is 6.34. The Morgan fingerprint density at radius 2 is 0.966 bits per heavy atom. The van der Waals surface area contributed by atoms with E-state index in [1.54, 1.807) is 0 Å². The van der Waals surface area contributed by atoms with Gasteiger partial charge in [-0.25, -0.2) is 4.57 Å². The molecule has 10 heteroatoms. The number of phosphoric ester groups is 1. The van der Waals surface area contributed by atoms with Crippen LogP contribution in [0.15, 0.2) is 60.8 Å². The molecule has 3 unspecified atom stereocenters. The van der Waals surface area contributed by atoms with Crippen LogP contribution in [0.5, 0.6) is 0 Å². The molecule has 0 aromatic rings. The van der Waals surface area contributed by atoms with Crippen molar-refractivity contribution in [2.24, 2.45) is 0 Å². The SMILES string of the molecule is CC/C=C\C/C=C\C/C=C\C/C=C\CCCCCCCCCCCCC(=O)OC(COCCCCCCCC/C=C\CCCCCCC)COP(=O)(O)OCC(O)CO. The van der Waals surface area contributed by atoms with E-state index < -0.39 is 39.2 Å². The molecule has 3 N–H and O–H groups in total. The summed E-state index contributed by atoms with van der Waals surface area (Å²) in [7, 11) is -4.52. The van der Waals surface area contributed by atoms with Crippen LogP contribution in [0, 0.1) is 0 Å². The number of carbonyl (C=O) groups is 1. The number of ether oxygens (including phenoxy) is 2. The van der Waals surface area contributed by atoms with Gasteiger partial charge in [-0.2, -0.15) is 0 Å². The summed E-state index contributed by atoms with van der Waals surface area (Å²) in [5.74, 6) is -0.390. The molecule has 0 saturated heterocycles. The highest BCUT2D eigenvalue weighted by Crippen LogP contribution is 2.43. The first-order chi connectivity index (χ1) is 28.8. The number of unbranched alkanes of at least 4 members (excludes halogenated alkanes) is 21. The van der Waals surface area contributed by atoms with Crippen LogP contribution < -0.4 is 0 Å². The minimum absolute atomic E-state index is 0.0420. The van der Waals surface area contributed by atoms with Gasteiger partial charge in [-0.05, 0) is 77.0 Å². The first-order valence-corrected chi connectivity index (χ1v) is 25.3. The normalized spacial score (nSPS) is 14.5. The van der Waals surface area contributed by atoms with Crippen molar-refractivity contribution in [2.45, 2.75) is 212 Å². The Kier molecular flexibility index (Phi) is 44.3. The molecular formula is C49H89O9P. The minimum atomic E-state index is -4.52. The average molecular weight is 853 g/mol. The Bertz CT molecular complexity index is 1100. The predicted molar refractivity (Wildman–Crippen MR) is 246 cm³/mol. The Labute approximate surface area is 361 Å². The number of hydrogen-bond acceptors (Lipinski definition) is 8. The van der Waals surface area contributed by atoms with Gasteiger partial charge in [0.2, 0.25) is 0 Å². The number of phosphoric acid groups is 1. The second-order valence-corrected chi connectivity index (χ2v) is 17.2. The fraction of sp³-hybridized carbons (Fsp3) is 0.776. The number of carbonyl (C=O) groups excluding carboxylic acids is 1. The van der Waals surface area contributed by atoms with Gasteiger partial charge in [-0.15, -0.1) is 0 Å². The van der Waals surface area contributed by atoms with Crippen LogP contribution >= 0.6 is 7.82 Å². The molecule has 0 aliphatic heterocycles. The van der Waals surface area contributed by atoms with Crippen LogP contribution in [0.4, 0.5) is 0 Å². The molecule has 0 rings (SSSR count). The predicted octanol–water partition coefficient (Wildman–Crippen LogP) is 13.5. The maximum atomic E-state index is 12.7. The molecule has 0 aromatic carbocycles. The van der Waals surface area contributed by atoms with E-state index >= 15 is 0 Å². The number of esters is 1. The lowest BCUT2D eigenvalue weighted by molar-refractivity contribution is -0.154. The quantitative estimate of drug-likeness (QED) is 0.0237. The summed E-state index contributed by atoms with van der Waals surface area (Å²) in [5, 5.41) is 18.4. The molecule has 3 atom stereocenters. The van der Waals surface area contributed by atoms with Crippen LogP contribution in [-0.4, -0.2) is 66.3 Å². The van der Waals surface area contributed by atoms with E-state index in [0.29, 0.717) is 6.61 Å². The summed E-state index contributed by atoms with van der Waals surface area (Å²) in [6.45, 7) is 3.39. The van der Waals surface area contributed by atoms with Gasteiger partial charge in [-0.1, -0.05) is 177 Å². The summed E-state index contributed by atoms with van der Waals surface area (Å²) in [5.41, 5.74) is 0. The molecule has 0 radical (unpaired) electrons. The van der Waals surface area contributed by atoms with Crippen molar-refractivity contribution in [1.29, 1.82) is 0 Å². The van der Waals surface area contributed by atoms with Gasteiger partial charge in [-0.3, -0.25) is 13.8 Å². The van der Waals surface area contributed by atoms with E-state index in [0.717, 1.165) is 83.5 Å². The zero-order chi connectivity index (χ0) is 43.2. The molecule has 0 spiro atoms. The number of hydrogen-bond donors (Lipinski definition) is 3. The zero-order valence-electron chi connectivity index (χ0n) is 37.7. The highest BCUT2D eigenvalue weighted by molar-refractivity contribution is 7.47. The van der Waals surface area contributed by atoms with Crippen molar-refractivity contribution in [1.82, 2.24) is 0 Å². The van der Waals surface area contributed by atoms with Gasteiger partial charge in [0.05, 0.1) is 26.4 Å². The molecule has 0 bridgehead atoms. The molecule has 9 nitrogen and oxygen atoms in total. The van der Waals surface area contributed by atoms with Gasteiger partial charge in [0.15, 0.2) is 0 Å². The Morgan fingerprint density at radius 1 is 0.542 bits per heavy atom.